The van der Waals surface area contributed by atoms with Gasteiger partial charge >= 0.3 is 0 Å². The van der Waals surface area contributed by atoms with Gasteiger partial charge in [-0.1, -0.05) is 102 Å². The molecule has 198 valence electrons. The fourth-order valence-corrected chi connectivity index (χ4v) is 7.29. The van der Waals surface area contributed by atoms with Gasteiger partial charge in [0.2, 0.25) is 0 Å². The van der Waals surface area contributed by atoms with Crippen molar-refractivity contribution in [2.45, 2.75) is 0 Å². The predicted molar refractivity (Wildman–Crippen MR) is 202 cm³/mol. The molecule has 6 aromatic carbocycles. The summed E-state index contributed by atoms with van der Waals surface area (Å²) in [7, 11) is 11.3. The van der Waals surface area contributed by atoms with Crippen molar-refractivity contribution in [2.24, 2.45) is 0 Å². The number of hydrogen-bond donors (Lipinski definition) is 1. The largest absolute Gasteiger partial charge is 0.353 e. The molecule has 0 unspecified atom stereocenters. The maximum atomic E-state index is 3.82. The average Bonchev–Trinajstić information content (AvgIpc) is 3.59. The van der Waals surface area contributed by atoms with Gasteiger partial charge in [-0.2, -0.15) is 0 Å². The molecule has 8 rings (SSSR count). The predicted octanol–water partition coefficient (Wildman–Crippen LogP) is 1.04. The van der Waals surface area contributed by atoms with Gasteiger partial charge in [0.15, 0.2) is 0 Å². The number of hydrogen-bond acceptors (Lipinski definition) is 0. The first-order valence-electron chi connectivity index (χ1n) is 15.1. The van der Waals surface area contributed by atoms with Gasteiger partial charge < -0.3 is 9.55 Å². The highest BCUT2D eigenvalue weighted by atomic mass is 15.0. The minimum absolute atomic E-state index is 1.16. The van der Waals surface area contributed by atoms with E-state index < -0.39 is 0 Å². The summed E-state index contributed by atoms with van der Waals surface area (Å²) in [6.45, 7) is 0. The molecule has 0 bridgehead atoms. The van der Waals surface area contributed by atoms with Gasteiger partial charge in [0, 0.05) is 32.6 Å². The molecule has 2 heterocycles. The fourth-order valence-electron chi connectivity index (χ4n) is 7.29. The lowest BCUT2D eigenvalue weighted by molar-refractivity contribution is 1.19. The van der Waals surface area contributed by atoms with E-state index in [1.165, 1.54) is 93.4 Å². The van der Waals surface area contributed by atoms with E-state index in [4.69, 9.17) is 0 Å². The van der Waals surface area contributed by atoms with Crippen LogP contribution in [0.15, 0.2) is 109 Å². The molecular weight excluding hydrogens is 514 g/mol. The van der Waals surface area contributed by atoms with E-state index in [0.29, 0.717) is 0 Å². The summed E-state index contributed by atoms with van der Waals surface area (Å²) in [4.78, 5) is 3.82. The minimum atomic E-state index is 1.16. The summed E-state index contributed by atoms with van der Waals surface area (Å²) in [6.07, 6.45) is 0. The number of H-pyrrole nitrogens is 1. The van der Waals surface area contributed by atoms with Crippen LogP contribution in [0.2, 0.25) is 0 Å². The van der Waals surface area contributed by atoms with Crippen molar-refractivity contribution in [2.75, 3.05) is 0 Å². The second-order valence-corrected chi connectivity index (χ2v) is 12.0. The lowest BCUT2D eigenvalue weighted by Gasteiger charge is -2.22. The Morgan fingerprint density at radius 1 is 0.488 bits per heavy atom. The molecular formula is C36H29B5N2. The summed E-state index contributed by atoms with van der Waals surface area (Å²) in [5.41, 5.74) is 17.9. The van der Waals surface area contributed by atoms with Crippen LogP contribution in [0.3, 0.4) is 0 Å². The molecule has 7 heteroatoms. The van der Waals surface area contributed by atoms with E-state index in [2.05, 4.69) is 158 Å². The standard InChI is InChI=1S/C36H29B5N2/c37-30-29(31(38)33(40)34(41)32(30)39)20-14-15-21(19-8-2-1-3-9-19)28(18-20)43-27-13-7-5-11-23(27)25-17-16-24-22-10-4-6-12-26(22)42-35(24)36(25)43/h1-18,42H,37-41H2. The van der Waals surface area contributed by atoms with Gasteiger partial charge in [-0.3, -0.25) is 0 Å². The smallest absolute Gasteiger partial charge is 0.139 e. The highest BCUT2D eigenvalue weighted by Crippen LogP contribution is 2.41. The molecule has 0 aliphatic rings. The van der Waals surface area contributed by atoms with Gasteiger partial charge in [-0.05, 0) is 34.9 Å². The third-order valence-corrected chi connectivity index (χ3v) is 9.93. The van der Waals surface area contributed by atoms with E-state index in [-0.39, 0.29) is 0 Å². The molecule has 0 saturated carbocycles. The SMILES string of the molecule is Bc1c(B)c(B)c(-c2ccc(-c3ccccc3)c(-n3c4ccccc4c4ccc5c6ccccc6[nH]c5c43)c2)c(B)c1B. The van der Waals surface area contributed by atoms with Crippen molar-refractivity contribution in [3.05, 3.63) is 109 Å². The molecule has 1 N–H and O–H groups in total. The van der Waals surface area contributed by atoms with Gasteiger partial charge in [0.05, 0.1) is 22.2 Å². The Morgan fingerprint density at radius 2 is 1.12 bits per heavy atom. The summed E-state index contributed by atoms with van der Waals surface area (Å²) >= 11 is 0. The normalized spacial score (nSPS) is 11.7. The molecule has 2 aromatic heterocycles. The third kappa shape index (κ3) is 3.74. The second kappa shape index (κ2) is 9.64. The Balaban J connectivity index is 1.55. The second-order valence-electron chi connectivity index (χ2n) is 12.0. The maximum absolute atomic E-state index is 3.82. The zero-order valence-electron chi connectivity index (χ0n) is 25.3. The number of aromatic nitrogens is 2. The lowest BCUT2D eigenvalue weighted by atomic mass is 9.59. The van der Waals surface area contributed by atoms with Crippen LogP contribution in [0.5, 0.6) is 0 Å². The van der Waals surface area contributed by atoms with Crippen LogP contribution < -0.4 is 27.3 Å². The summed E-state index contributed by atoms with van der Waals surface area (Å²) in [5, 5.41) is 5.02. The molecule has 0 atom stereocenters. The maximum Gasteiger partial charge on any atom is 0.139 e. The molecule has 8 aromatic rings. The van der Waals surface area contributed by atoms with Crippen molar-refractivity contribution < 1.29 is 0 Å². The van der Waals surface area contributed by atoms with E-state index in [1.807, 2.05) is 0 Å². The Kier molecular flexibility index (Phi) is 5.81. The number of fused-ring (bicyclic) bond motifs is 7. The highest BCUT2D eigenvalue weighted by Gasteiger charge is 2.21. The van der Waals surface area contributed by atoms with Crippen molar-refractivity contribution >= 4 is 110 Å². The number of nitrogens with one attached hydrogen (secondary N) is 1. The molecule has 0 amide bonds. The Morgan fingerprint density at radius 3 is 1.88 bits per heavy atom. The van der Waals surface area contributed by atoms with Crippen LogP contribution in [0.4, 0.5) is 0 Å². The van der Waals surface area contributed by atoms with Gasteiger partial charge in [-0.25, -0.2) is 0 Å². The molecule has 0 radical (unpaired) electrons. The molecule has 0 fully saturated rings. The highest BCUT2D eigenvalue weighted by molar-refractivity contribution is 6.68. The van der Waals surface area contributed by atoms with E-state index >= 15 is 0 Å². The Labute approximate surface area is 256 Å². The minimum Gasteiger partial charge on any atom is -0.353 e. The molecule has 0 aliphatic carbocycles. The van der Waals surface area contributed by atoms with Crippen LogP contribution in [-0.4, -0.2) is 48.8 Å². The van der Waals surface area contributed by atoms with Crippen molar-refractivity contribution in [1.29, 1.82) is 0 Å². The van der Waals surface area contributed by atoms with Gasteiger partial charge in [0.25, 0.3) is 0 Å². The number of nitrogens with zero attached hydrogens (tertiary/aromatic N) is 1. The number of rotatable bonds is 3. The van der Waals surface area contributed by atoms with Gasteiger partial charge in [-0.15, -0.1) is 16.4 Å². The first-order chi connectivity index (χ1) is 20.9. The van der Waals surface area contributed by atoms with Crippen molar-refractivity contribution in [1.82, 2.24) is 9.55 Å². The molecule has 43 heavy (non-hydrogen) atoms. The van der Waals surface area contributed by atoms with E-state index in [1.54, 1.807) is 0 Å². The van der Waals surface area contributed by atoms with E-state index in [0.717, 1.165) is 5.52 Å². The van der Waals surface area contributed by atoms with Crippen molar-refractivity contribution in [3.8, 4) is 27.9 Å². The quantitative estimate of drug-likeness (QED) is 0.322. The zero-order valence-corrected chi connectivity index (χ0v) is 25.3. The Hall–Kier alpha value is -4.76. The summed E-state index contributed by atoms with van der Waals surface area (Å²) < 4.78 is 2.51. The lowest BCUT2D eigenvalue weighted by Crippen LogP contribution is -2.55. The third-order valence-electron chi connectivity index (χ3n) is 9.93. The molecule has 0 saturated heterocycles. The molecule has 0 spiro atoms. The van der Waals surface area contributed by atoms with E-state index in [9.17, 15) is 0 Å². The van der Waals surface area contributed by atoms with Crippen molar-refractivity contribution in [3.63, 3.8) is 0 Å². The van der Waals surface area contributed by atoms with Crippen LogP contribution in [0.1, 0.15) is 0 Å². The van der Waals surface area contributed by atoms with Crippen LogP contribution in [0, 0.1) is 0 Å². The number of para-hydroxylation sites is 2. The topological polar surface area (TPSA) is 20.7 Å². The fraction of sp³-hybridized carbons (Fsp3) is 0. The summed E-state index contributed by atoms with van der Waals surface area (Å²) in [6, 6.07) is 40.0. The summed E-state index contributed by atoms with van der Waals surface area (Å²) in [5.74, 6) is 0. The Bertz CT molecular complexity index is 2370. The average molecular weight is 544 g/mol. The first kappa shape index (κ1) is 25.9. The number of benzene rings is 6. The van der Waals surface area contributed by atoms with Crippen LogP contribution in [-0.2, 0) is 0 Å². The van der Waals surface area contributed by atoms with Crippen LogP contribution >= 0.6 is 0 Å². The molecule has 2 nitrogen and oxygen atoms in total. The zero-order chi connectivity index (χ0) is 29.4. The van der Waals surface area contributed by atoms with Gasteiger partial charge in [0.1, 0.15) is 39.2 Å². The first-order valence-corrected chi connectivity index (χ1v) is 15.1. The van der Waals surface area contributed by atoms with Crippen LogP contribution in [0.25, 0.3) is 71.6 Å². The number of aromatic amines is 1. The molecule has 0 aliphatic heterocycles. The monoisotopic (exact) mass is 544 g/mol.